The summed E-state index contributed by atoms with van der Waals surface area (Å²) < 4.78 is 1.79. The Morgan fingerprint density at radius 1 is 1.35 bits per heavy atom. The number of likely N-dealkylation sites (tertiary alicyclic amines) is 1. The van der Waals surface area contributed by atoms with Crippen LogP contribution in [0.25, 0.3) is 6.08 Å². The Balaban J connectivity index is 2.00. The summed E-state index contributed by atoms with van der Waals surface area (Å²) in [5, 5.41) is 15.1. The van der Waals surface area contributed by atoms with Crippen molar-refractivity contribution in [2.45, 2.75) is 45.1 Å². The van der Waals surface area contributed by atoms with E-state index in [0.717, 1.165) is 23.4 Å². The Morgan fingerprint density at radius 2 is 2.04 bits per heavy atom. The highest BCUT2D eigenvalue weighted by atomic mass is 16.3. The van der Waals surface area contributed by atoms with E-state index in [1.54, 1.807) is 35.8 Å². The normalized spacial score (nSPS) is 20.6. The first-order valence-electron chi connectivity index (χ1n) is 9.03. The van der Waals surface area contributed by atoms with Crippen LogP contribution < -0.4 is 0 Å². The van der Waals surface area contributed by atoms with Gasteiger partial charge in [0.05, 0.1) is 11.3 Å². The van der Waals surface area contributed by atoms with Gasteiger partial charge in [0.2, 0.25) is 11.8 Å². The van der Waals surface area contributed by atoms with Crippen molar-refractivity contribution in [3.63, 3.8) is 0 Å². The van der Waals surface area contributed by atoms with Crippen LogP contribution in [0, 0.1) is 13.8 Å². The van der Waals surface area contributed by atoms with Crippen LogP contribution >= 0.6 is 0 Å². The van der Waals surface area contributed by atoms with E-state index in [2.05, 4.69) is 5.10 Å². The van der Waals surface area contributed by atoms with Crippen molar-refractivity contribution in [2.75, 3.05) is 27.2 Å². The molecule has 0 aliphatic carbocycles. The number of piperidine rings is 1. The number of carbonyl (C=O) groups excluding carboxylic acids is 2. The Morgan fingerprint density at radius 3 is 2.62 bits per heavy atom. The summed E-state index contributed by atoms with van der Waals surface area (Å²) in [6.07, 6.45) is 5.35. The summed E-state index contributed by atoms with van der Waals surface area (Å²) in [5.41, 5.74) is 1.84. The molecule has 1 aliphatic rings. The third-order valence-electron chi connectivity index (χ3n) is 5.13. The third kappa shape index (κ3) is 4.72. The molecule has 0 saturated carbocycles. The lowest BCUT2D eigenvalue weighted by Gasteiger charge is -2.39. The number of β-amino-alcohol motifs (C(OH)–C–C–N with tert-alkyl or cyclic N) is 1. The van der Waals surface area contributed by atoms with Crippen molar-refractivity contribution in [2.24, 2.45) is 7.05 Å². The van der Waals surface area contributed by atoms with Crippen LogP contribution in [0.3, 0.4) is 0 Å². The maximum Gasteiger partial charge on any atom is 0.246 e. The van der Waals surface area contributed by atoms with Gasteiger partial charge < -0.3 is 14.9 Å². The number of rotatable bonds is 5. The molecule has 1 saturated heterocycles. The smallest absolute Gasteiger partial charge is 0.246 e. The Labute approximate surface area is 155 Å². The molecule has 7 heteroatoms. The van der Waals surface area contributed by atoms with Crippen molar-refractivity contribution in [3.05, 3.63) is 23.0 Å². The fraction of sp³-hybridized carbons (Fsp3) is 0.632. The van der Waals surface area contributed by atoms with Gasteiger partial charge in [0.15, 0.2) is 0 Å². The van der Waals surface area contributed by atoms with Crippen LogP contribution in [-0.2, 0) is 16.6 Å². The fourth-order valence-electron chi connectivity index (χ4n) is 3.36. The first-order valence-corrected chi connectivity index (χ1v) is 9.03. The van der Waals surface area contributed by atoms with Crippen LogP contribution in [0.2, 0.25) is 0 Å². The van der Waals surface area contributed by atoms with E-state index in [9.17, 15) is 14.7 Å². The second-order valence-electron chi connectivity index (χ2n) is 7.42. The van der Waals surface area contributed by atoms with E-state index in [1.807, 2.05) is 20.9 Å². The van der Waals surface area contributed by atoms with Gasteiger partial charge in [0.1, 0.15) is 0 Å². The van der Waals surface area contributed by atoms with Gasteiger partial charge in [-0.15, -0.1) is 0 Å². The number of amides is 2. The summed E-state index contributed by atoms with van der Waals surface area (Å²) in [6.45, 7) is 4.77. The predicted molar refractivity (Wildman–Crippen MR) is 100 cm³/mol. The molecule has 1 aliphatic heterocycles. The molecule has 1 fully saturated rings. The van der Waals surface area contributed by atoms with Crippen molar-refractivity contribution in [3.8, 4) is 0 Å². The first-order chi connectivity index (χ1) is 12.1. The highest BCUT2D eigenvalue weighted by Gasteiger charge is 2.35. The SMILES string of the molecule is Cc1nn(C)c(C)c1/C=C/C(=O)N1CCCC(O)(CCC(=O)N(C)C)C1. The Bertz CT molecular complexity index is 708. The number of hydrogen-bond donors (Lipinski definition) is 1. The molecule has 1 N–H and O–H groups in total. The highest BCUT2D eigenvalue weighted by molar-refractivity contribution is 5.92. The van der Waals surface area contributed by atoms with Gasteiger partial charge in [-0.2, -0.15) is 5.10 Å². The molecule has 1 aromatic rings. The number of nitrogens with zero attached hydrogens (tertiary/aromatic N) is 4. The lowest BCUT2D eigenvalue weighted by molar-refractivity contribution is -0.135. The molecule has 1 unspecified atom stereocenters. The topological polar surface area (TPSA) is 78.7 Å². The zero-order valence-corrected chi connectivity index (χ0v) is 16.4. The summed E-state index contributed by atoms with van der Waals surface area (Å²) in [4.78, 5) is 27.5. The van der Waals surface area contributed by atoms with Crippen LogP contribution in [0.1, 0.15) is 42.6 Å². The standard InChI is InChI=1S/C19H30N4O3/c1-14-16(15(2)22(5)20-14)7-8-18(25)23-12-6-10-19(26,13-23)11-9-17(24)21(3)4/h7-8,26H,6,9-13H2,1-5H3/b8-7+. The Hall–Kier alpha value is -2.15. The second kappa shape index (κ2) is 8.03. The third-order valence-corrected chi connectivity index (χ3v) is 5.13. The van der Waals surface area contributed by atoms with Gasteiger partial charge >= 0.3 is 0 Å². The lowest BCUT2D eigenvalue weighted by atomic mass is 9.88. The predicted octanol–water partition coefficient (Wildman–Crippen LogP) is 1.27. The quantitative estimate of drug-likeness (QED) is 0.800. The molecule has 0 bridgehead atoms. The zero-order chi connectivity index (χ0) is 19.5. The molecule has 0 aromatic carbocycles. The van der Waals surface area contributed by atoms with E-state index < -0.39 is 5.60 Å². The molecule has 2 heterocycles. The minimum atomic E-state index is -0.993. The van der Waals surface area contributed by atoms with Gasteiger partial charge in [0.25, 0.3) is 0 Å². The molecule has 2 amide bonds. The van der Waals surface area contributed by atoms with E-state index >= 15 is 0 Å². The molecule has 1 aromatic heterocycles. The van der Waals surface area contributed by atoms with E-state index in [0.29, 0.717) is 19.4 Å². The molecule has 26 heavy (non-hydrogen) atoms. The second-order valence-corrected chi connectivity index (χ2v) is 7.42. The van der Waals surface area contributed by atoms with Crippen molar-refractivity contribution < 1.29 is 14.7 Å². The van der Waals surface area contributed by atoms with Crippen LogP contribution in [0.4, 0.5) is 0 Å². The van der Waals surface area contributed by atoms with Crippen molar-refractivity contribution in [1.29, 1.82) is 0 Å². The van der Waals surface area contributed by atoms with Gasteiger partial charge in [-0.05, 0) is 39.2 Å². The average Bonchev–Trinajstić information content (AvgIpc) is 2.82. The zero-order valence-electron chi connectivity index (χ0n) is 16.4. The molecule has 0 radical (unpaired) electrons. The molecule has 7 nitrogen and oxygen atoms in total. The maximum atomic E-state index is 12.6. The summed E-state index contributed by atoms with van der Waals surface area (Å²) in [6, 6.07) is 0. The summed E-state index contributed by atoms with van der Waals surface area (Å²) in [5.74, 6) is -0.131. The number of aryl methyl sites for hydroxylation is 2. The van der Waals surface area contributed by atoms with Crippen molar-refractivity contribution >= 4 is 17.9 Å². The first kappa shape index (κ1) is 20.2. The molecule has 1 atom stereocenters. The van der Waals surface area contributed by atoms with Crippen LogP contribution in [-0.4, -0.2) is 69.3 Å². The maximum absolute atomic E-state index is 12.6. The van der Waals surface area contributed by atoms with Crippen molar-refractivity contribution in [1.82, 2.24) is 19.6 Å². The number of aliphatic hydroxyl groups is 1. The van der Waals surface area contributed by atoms with Gasteiger partial charge in [-0.25, -0.2) is 0 Å². The largest absolute Gasteiger partial charge is 0.388 e. The lowest BCUT2D eigenvalue weighted by Crippen LogP contribution is -2.50. The monoisotopic (exact) mass is 362 g/mol. The molecule has 2 rings (SSSR count). The van der Waals surface area contributed by atoms with E-state index in [4.69, 9.17) is 0 Å². The average molecular weight is 362 g/mol. The van der Waals surface area contributed by atoms with Crippen LogP contribution in [0.5, 0.6) is 0 Å². The van der Waals surface area contributed by atoms with E-state index in [-0.39, 0.29) is 24.8 Å². The molecule has 144 valence electrons. The number of hydrogen-bond acceptors (Lipinski definition) is 4. The van der Waals surface area contributed by atoms with Gasteiger partial charge in [-0.3, -0.25) is 14.3 Å². The summed E-state index contributed by atoms with van der Waals surface area (Å²) in [7, 11) is 5.29. The highest BCUT2D eigenvalue weighted by Crippen LogP contribution is 2.26. The van der Waals surface area contributed by atoms with Gasteiger partial charge in [-0.1, -0.05) is 0 Å². The minimum Gasteiger partial charge on any atom is -0.388 e. The fourth-order valence-corrected chi connectivity index (χ4v) is 3.36. The molecular formula is C19H30N4O3. The molecule has 0 spiro atoms. The Kier molecular flexibility index (Phi) is 6.23. The van der Waals surface area contributed by atoms with E-state index in [1.165, 1.54) is 4.90 Å². The number of carbonyl (C=O) groups is 2. The minimum absolute atomic E-state index is 0.00991. The number of aromatic nitrogens is 2. The molecular weight excluding hydrogens is 332 g/mol. The van der Waals surface area contributed by atoms with Gasteiger partial charge in [0, 0.05) is 58.0 Å². The summed E-state index contributed by atoms with van der Waals surface area (Å²) >= 11 is 0. The van der Waals surface area contributed by atoms with Crippen LogP contribution in [0.15, 0.2) is 6.08 Å².